The van der Waals surface area contributed by atoms with Gasteiger partial charge in [0.15, 0.2) is 0 Å². The van der Waals surface area contributed by atoms with Gasteiger partial charge in [0, 0.05) is 24.1 Å². The Bertz CT molecular complexity index is 409. The Kier molecular flexibility index (Phi) is 6.24. The lowest BCUT2D eigenvalue weighted by Crippen LogP contribution is -2.22. The summed E-state index contributed by atoms with van der Waals surface area (Å²) < 4.78 is 0. The van der Waals surface area contributed by atoms with Crippen LogP contribution >= 0.6 is 0 Å². The second-order valence-electron chi connectivity index (χ2n) is 6.28. The van der Waals surface area contributed by atoms with E-state index in [4.69, 9.17) is 4.98 Å². The SMILES string of the molecule is CCCC(CC)Nc1cc(NCC)nc(C(C)(C)C)n1. The van der Waals surface area contributed by atoms with Crippen molar-refractivity contribution in [3.8, 4) is 0 Å². The van der Waals surface area contributed by atoms with Crippen molar-refractivity contribution < 1.29 is 0 Å². The molecule has 2 N–H and O–H groups in total. The lowest BCUT2D eigenvalue weighted by Gasteiger charge is -2.22. The van der Waals surface area contributed by atoms with Crippen LogP contribution < -0.4 is 10.6 Å². The van der Waals surface area contributed by atoms with Gasteiger partial charge in [-0.3, -0.25) is 0 Å². The maximum Gasteiger partial charge on any atom is 0.138 e. The summed E-state index contributed by atoms with van der Waals surface area (Å²) in [5, 5.41) is 6.84. The smallest absolute Gasteiger partial charge is 0.138 e. The Labute approximate surface area is 123 Å². The van der Waals surface area contributed by atoms with Gasteiger partial charge in [-0.2, -0.15) is 0 Å². The Morgan fingerprint density at radius 1 is 1.10 bits per heavy atom. The molecule has 4 heteroatoms. The molecule has 0 aromatic carbocycles. The molecule has 0 radical (unpaired) electrons. The molecule has 0 bridgehead atoms. The molecule has 1 aromatic rings. The molecule has 0 fully saturated rings. The van der Waals surface area contributed by atoms with Gasteiger partial charge in [-0.25, -0.2) is 9.97 Å². The van der Waals surface area contributed by atoms with E-state index in [9.17, 15) is 0 Å². The highest BCUT2D eigenvalue weighted by atomic mass is 15.1. The molecule has 0 spiro atoms. The van der Waals surface area contributed by atoms with E-state index in [0.29, 0.717) is 6.04 Å². The number of hydrogen-bond acceptors (Lipinski definition) is 4. The summed E-state index contributed by atoms with van der Waals surface area (Å²) in [6.07, 6.45) is 3.46. The summed E-state index contributed by atoms with van der Waals surface area (Å²) in [6, 6.07) is 2.49. The molecule has 0 aliphatic rings. The van der Waals surface area contributed by atoms with E-state index in [1.165, 1.54) is 12.8 Å². The fraction of sp³-hybridized carbons (Fsp3) is 0.750. The molecule has 0 saturated carbocycles. The molecule has 1 rings (SSSR count). The zero-order chi connectivity index (χ0) is 15.2. The average Bonchev–Trinajstić information content (AvgIpc) is 2.37. The number of aromatic nitrogens is 2. The molecule has 1 unspecified atom stereocenters. The zero-order valence-corrected chi connectivity index (χ0v) is 13.9. The fourth-order valence-corrected chi connectivity index (χ4v) is 2.06. The van der Waals surface area contributed by atoms with E-state index in [-0.39, 0.29) is 5.41 Å². The fourth-order valence-electron chi connectivity index (χ4n) is 2.06. The van der Waals surface area contributed by atoms with Crippen LogP contribution in [0, 0.1) is 0 Å². The summed E-state index contributed by atoms with van der Waals surface area (Å²) in [5.74, 6) is 2.72. The van der Waals surface area contributed by atoms with Crippen molar-refractivity contribution in [2.45, 2.75) is 72.3 Å². The van der Waals surface area contributed by atoms with Crippen LogP contribution in [0.1, 0.15) is 66.6 Å². The number of rotatable bonds is 7. The summed E-state index contributed by atoms with van der Waals surface area (Å²) in [5.41, 5.74) is -0.0473. The monoisotopic (exact) mass is 278 g/mol. The van der Waals surface area contributed by atoms with Gasteiger partial charge < -0.3 is 10.6 Å². The van der Waals surface area contributed by atoms with Crippen LogP contribution in [0.2, 0.25) is 0 Å². The highest BCUT2D eigenvalue weighted by Crippen LogP contribution is 2.23. The first-order valence-electron chi connectivity index (χ1n) is 7.80. The van der Waals surface area contributed by atoms with Gasteiger partial charge in [0.1, 0.15) is 17.5 Å². The third-order valence-corrected chi connectivity index (χ3v) is 3.24. The summed E-state index contributed by atoms with van der Waals surface area (Å²) in [4.78, 5) is 9.31. The quantitative estimate of drug-likeness (QED) is 0.785. The van der Waals surface area contributed by atoms with Gasteiger partial charge in [0.05, 0.1) is 0 Å². The minimum Gasteiger partial charge on any atom is -0.370 e. The summed E-state index contributed by atoms with van der Waals surface area (Å²) in [6.45, 7) is 13.8. The van der Waals surface area contributed by atoms with Crippen molar-refractivity contribution in [3.63, 3.8) is 0 Å². The maximum absolute atomic E-state index is 4.69. The van der Waals surface area contributed by atoms with E-state index < -0.39 is 0 Å². The van der Waals surface area contributed by atoms with Crippen LogP contribution in [0.4, 0.5) is 11.6 Å². The molecular weight excluding hydrogens is 248 g/mol. The van der Waals surface area contributed by atoms with Crippen LogP contribution in [0.15, 0.2) is 6.07 Å². The standard InChI is InChI=1S/C16H30N4/c1-7-10-12(8-2)18-14-11-13(17-9-3)19-15(20-14)16(4,5)6/h11-12H,7-10H2,1-6H3,(H2,17,18,19,20). The Hall–Kier alpha value is -1.32. The van der Waals surface area contributed by atoms with Crippen molar-refractivity contribution in [2.24, 2.45) is 0 Å². The first-order valence-corrected chi connectivity index (χ1v) is 7.80. The summed E-state index contributed by atoms with van der Waals surface area (Å²) >= 11 is 0. The largest absolute Gasteiger partial charge is 0.370 e. The van der Waals surface area contributed by atoms with E-state index in [1.54, 1.807) is 0 Å². The van der Waals surface area contributed by atoms with Crippen LogP contribution in [0.5, 0.6) is 0 Å². The van der Waals surface area contributed by atoms with Crippen molar-refractivity contribution >= 4 is 11.6 Å². The molecule has 0 amide bonds. The van der Waals surface area contributed by atoms with Crippen molar-refractivity contribution in [1.29, 1.82) is 0 Å². The molecule has 0 saturated heterocycles. The lowest BCUT2D eigenvalue weighted by atomic mass is 9.96. The van der Waals surface area contributed by atoms with Crippen LogP contribution in [0.25, 0.3) is 0 Å². The van der Waals surface area contributed by atoms with E-state index in [2.05, 4.69) is 57.2 Å². The predicted molar refractivity (Wildman–Crippen MR) is 87.5 cm³/mol. The second kappa shape index (κ2) is 7.46. The van der Waals surface area contributed by atoms with Crippen molar-refractivity contribution in [3.05, 3.63) is 11.9 Å². The Balaban J connectivity index is 3.02. The third kappa shape index (κ3) is 4.99. The maximum atomic E-state index is 4.69. The van der Waals surface area contributed by atoms with Crippen LogP contribution in [0.3, 0.4) is 0 Å². The van der Waals surface area contributed by atoms with Crippen molar-refractivity contribution in [2.75, 3.05) is 17.2 Å². The first kappa shape index (κ1) is 16.7. The Morgan fingerprint density at radius 2 is 1.75 bits per heavy atom. The molecule has 1 aromatic heterocycles. The topological polar surface area (TPSA) is 49.8 Å². The predicted octanol–water partition coefficient (Wildman–Crippen LogP) is 4.20. The molecule has 1 atom stereocenters. The molecular formula is C16H30N4. The van der Waals surface area contributed by atoms with Gasteiger partial charge >= 0.3 is 0 Å². The van der Waals surface area contributed by atoms with E-state index in [1.807, 2.05) is 6.07 Å². The number of nitrogens with zero attached hydrogens (tertiary/aromatic N) is 2. The first-order chi connectivity index (χ1) is 9.40. The number of anilines is 2. The van der Waals surface area contributed by atoms with Gasteiger partial charge in [0.25, 0.3) is 0 Å². The highest BCUT2D eigenvalue weighted by Gasteiger charge is 2.19. The van der Waals surface area contributed by atoms with Crippen molar-refractivity contribution in [1.82, 2.24) is 9.97 Å². The van der Waals surface area contributed by atoms with E-state index >= 15 is 0 Å². The third-order valence-electron chi connectivity index (χ3n) is 3.24. The molecule has 0 aliphatic heterocycles. The average molecular weight is 278 g/mol. The van der Waals surface area contributed by atoms with Gasteiger partial charge in [-0.05, 0) is 19.8 Å². The Morgan fingerprint density at radius 3 is 2.25 bits per heavy atom. The van der Waals surface area contributed by atoms with Crippen LogP contribution in [-0.2, 0) is 5.41 Å². The number of nitrogens with one attached hydrogen (secondary N) is 2. The van der Waals surface area contributed by atoms with Gasteiger partial charge in [-0.1, -0.05) is 41.0 Å². The highest BCUT2D eigenvalue weighted by molar-refractivity contribution is 5.48. The summed E-state index contributed by atoms with van der Waals surface area (Å²) in [7, 11) is 0. The molecule has 20 heavy (non-hydrogen) atoms. The van der Waals surface area contributed by atoms with E-state index in [0.717, 1.165) is 30.4 Å². The zero-order valence-electron chi connectivity index (χ0n) is 13.9. The minimum atomic E-state index is -0.0473. The normalized spacial score (nSPS) is 13.1. The molecule has 4 nitrogen and oxygen atoms in total. The van der Waals surface area contributed by atoms with Gasteiger partial charge in [-0.15, -0.1) is 0 Å². The minimum absolute atomic E-state index is 0.0473. The molecule has 1 heterocycles. The lowest BCUT2D eigenvalue weighted by molar-refractivity contribution is 0.544. The van der Waals surface area contributed by atoms with Crippen LogP contribution in [-0.4, -0.2) is 22.6 Å². The second-order valence-corrected chi connectivity index (χ2v) is 6.28. The van der Waals surface area contributed by atoms with Gasteiger partial charge in [0.2, 0.25) is 0 Å². The molecule has 114 valence electrons. The number of hydrogen-bond donors (Lipinski definition) is 2. The molecule has 0 aliphatic carbocycles.